The highest BCUT2D eigenvalue weighted by atomic mass is 16.7. The molecule has 0 spiro atoms. The van der Waals surface area contributed by atoms with E-state index < -0.39 is 6.04 Å². The predicted octanol–water partition coefficient (Wildman–Crippen LogP) is 2.79. The fraction of sp³-hybridized carbons (Fsp3) is 0.364. The number of ether oxygens (including phenoxy) is 3. The molecule has 0 aromatic heterocycles. The molecule has 29 heavy (non-hydrogen) atoms. The van der Waals surface area contributed by atoms with Gasteiger partial charge in [0.05, 0.1) is 0 Å². The molecular weight excluding hydrogens is 372 g/mol. The molecule has 2 aliphatic rings. The maximum Gasteiger partial charge on any atom is 0.261 e. The van der Waals surface area contributed by atoms with Crippen LogP contribution in [-0.4, -0.2) is 36.7 Å². The summed E-state index contributed by atoms with van der Waals surface area (Å²) in [6.07, 6.45) is 1.86. The minimum atomic E-state index is -0.761. The van der Waals surface area contributed by atoms with Crippen molar-refractivity contribution >= 4 is 11.8 Å². The predicted molar refractivity (Wildman–Crippen MR) is 106 cm³/mol. The van der Waals surface area contributed by atoms with Crippen LogP contribution in [0.4, 0.5) is 0 Å². The maximum atomic E-state index is 13.1. The van der Waals surface area contributed by atoms with Crippen molar-refractivity contribution in [2.75, 3.05) is 19.9 Å². The smallest absolute Gasteiger partial charge is 0.261 e. The van der Waals surface area contributed by atoms with Gasteiger partial charge in [0.25, 0.3) is 5.91 Å². The average Bonchev–Trinajstić information content (AvgIpc) is 3.15. The molecule has 1 N–H and O–H groups in total. The first kappa shape index (κ1) is 19.1. The zero-order valence-corrected chi connectivity index (χ0v) is 16.3. The second kappa shape index (κ2) is 8.43. The number of rotatable bonds is 6. The van der Waals surface area contributed by atoms with E-state index in [1.54, 1.807) is 11.0 Å². The minimum Gasteiger partial charge on any atom is -0.483 e. The first-order chi connectivity index (χ1) is 14.2. The topological polar surface area (TPSA) is 77.1 Å². The molecule has 1 atom stereocenters. The summed E-state index contributed by atoms with van der Waals surface area (Å²) in [6, 6.07) is 12.1. The molecule has 7 heteroatoms. The Morgan fingerprint density at radius 2 is 1.93 bits per heavy atom. The van der Waals surface area contributed by atoms with E-state index in [9.17, 15) is 9.59 Å². The lowest BCUT2D eigenvalue weighted by molar-refractivity contribution is -0.142. The molecule has 0 saturated heterocycles. The molecule has 2 aromatic carbocycles. The summed E-state index contributed by atoms with van der Waals surface area (Å²) >= 11 is 0. The van der Waals surface area contributed by atoms with Crippen LogP contribution in [0.2, 0.25) is 0 Å². The van der Waals surface area contributed by atoms with Crippen LogP contribution in [0.3, 0.4) is 0 Å². The quantitative estimate of drug-likeness (QED) is 0.760. The number of para-hydroxylation sites is 1. The van der Waals surface area contributed by atoms with Crippen molar-refractivity contribution in [1.29, 1.82) is 0 Å². The number of hydrogen-bond donors (Lipinski definition) is 1. The number of unbranched alkanes of at least 4 members (excludes halogenated alkanes) is 1. The van der Waals surface area contributed by atoms with Crippen molar-refractivity contribution in [2.45, 2.75) is 32.4 Å². The van der Waals surface area contributed by atoms with Gasteiger partial charge in [-0.2, -0.15) is 0 Å². The van der Waals surface area contributed by atoms with E-state index >= 15 is 0 Å². The van der Waals surface area contributed by atoms with Gasteiger partial charge in [0.1, 0.15) is 11.8 Å². The Balaban J connectivity index is 1.66. The largest absolute Gasteiger partial charge is 0.483 e. The Bertz CT molecular complexity index is 914. The van der Waals surface area contributed by atoms with Crippen LogP contribution < -0.4 is 19.5 Å². The van der Waals surface area contributed by atoms with Crippen LogP contribution in [0.15, 0.2) is 42.5 Å². The summed E-state index contributed by atoms with van der Waals surface area (Å²) in [5.74, 6) is 1.44. The van der Waals surface area contributed by atoms with E-state index in [2.05, 4.69) is 12.2 Å². The molecule has 0 fully saturated rings. The molecule has 0 bridgehead atoms. The lowest BCUT2D eigenvalue weighted by Gasteiger charge is -2.29. The monoisotopic (exact) mass is 396 g/mol. The van der Waals surface area contributed by atoms with Crippen LogP contribution in [-0.2, 0) is 16.1 Å². The lowest BCUT2D eigenvalue weighted by atomic mass is 10.0. The SMILES string of the molecule is CCCCNC(=O)C1c2ccccc2OCC(=O)N1Cc1ccc2c(c1)OCO2. The van der Waals surface area contributed by atoms with Gasteiger partial charge in [0.2, 0.25) is 12.7 Å². The van der Waals surface area contributed by atoms with Crippen molar-refractivity contribution in [1.82, 2.24) is 10.2 Å². The minimum absolute atomic E-state index is 0.111. The summed E-state index contributed by atoms with van der Waals surface area (Å²) in [7, 11) is 0. The zero-order valence-electron chi connectivity index (χ0n) is 16.3. The molecule has 2 aromatic rings. The van der Waals surface area contributed by atoms with Gasteiger partial charge in [0.15, 0.2) is 18.1 Å². The highest BCUT2D eigenvalue weighted by Crippen LogP contribution is 2.36. The molecular formula is C22H24N2O5. The van der Waals surface area contributed by atoms with E-state index in [1.165, 1.54) is 0 Å². The van der Waals surface area contributed by atoms with E-state index in [4.69, 9.17) is 14.2 Å². The van der Waals surface area contributed by atoms with Crippen LogP contribution in [0.25, 0.3) is 0 Å². The van der Waals surface area contributed by atoms with Gasteiger partial charge in [-0.05, 0) is 30.2 Å². The number of carbonyl (C=O) groups is 2. The van der Waals surface area contributed by atoms with Gasteiger partial charge in [-0.1, -0.05) is 37.6 Å². The molecule has 0 saturated carbocycles. The van der Waals surface area contributed by atoms with Gasteiger partial charge in [-0.25, -0.2) is 0 Å². The Morgan fingerprint density at radius 1 is 1.10 bits per heavy atom. The summed E-state index contributed by atoms with van der Waals surface area (Å²) in [5.41, 5.74) is 1.54. The number of hydrogen-bond acceptors (Lipinski definition) is 5. The second-order valence-corrected chi connectivity index (χ2v) is 7.08. The van der Waals surface area contributed by atoms with Crippen molar-refractivity contribution in [3.8, 4) is 17.2 Å². The molecule has 4 rings (SSSR count). The molecule has 2 aliphatic heterocycles. The Hall–Kier alpha value is -3.22. The fourth-order valence-corrected chi connectivity index (χ4v) is 3.56. The Labute approximate surface area is 169 Å². The third kappa shape index (κ3) is 3.99. The van der Waals surface area contributed by atoms with Crippen LogP contribution >= 0.6 is 0 Å². The molecule has 2 amide bonds. The van der Waals surface area contributed by atoms with Gasteiger partial charge in [-0.15, -0.1) is 0 Å². The summed E-state index contributed by atoms with van der Waals surface area (Å²) in [5, 5.41) is 2.97. The summed E-state index contributed by atoms with van der Waals surface area (Å²) in [6.45, 7) is 2.97. The molecule has 7 nitrogen and oxygen atoms in total. The van der Waals surface area contributed by atoms with E-state index in [0.29, 0.717) is 29.4 Å². The Morgan fingerprint density at radius 3 is 2.79 bits per heavy atom. The van der Waals surface area contributed by atoms with E-state index in [0.717, 1.165) is 18.4 Å². The van der Waals surface area contributed by atoms with Gasteiger partial charge >= 0.3 is 0 Å². The first-order valence-electron chi connectivity index (χ1n) is 9.85. The summed E-state index contributed by atoms with van der Waals surface area (Å²) in [4.78, 5) is 27.6. The molecule has 1 unspecified atom stereocenters. The van der Waals surface area contributed by atoms with Crippen molar-refractivity contribution in [3.05, 3.63) is 53.6 Å². The number of nitrogens with one attached hydrogen (secondary N) is 1. The standard InChI is InChI=1S/C22H24N2O5/c1-2-3-10-23-22(26)21-16-6-4-5-7-17(16)27-13-20(25)24(21)12-15-8-9-18-19(11-15)29-14-28-18/h4-9,11,21H,2-3,10,12-14H2,1H3,(H,23,26). The number of amides is 2. The molecule has 0 aliphatic carbocycles. The van der Waals surface area contributed by atoms with Crippen molar-refractivity contribution in [2.24, 2.45) is 0 Å². The number of nitrogens with zero attached hydrogens (tertiary/aromatic N) is 1. The van der Waals surface area contributed by atoms with Crippen LogP contribution in [0, 0.1) is 0 Å². The number of benzene rings is 2. The van der Waals surface area contributed by atoms with Gasteiger partial charge in [0, 0.05) is 18.7 Å². The zero-order chi connectivity index (χ0) is 20.2. The van der Waals surface area contributed by atoms with Gasteiger partial charge < -0.3 is 24.4 Å². The number of fused-ring (bicyclic) bond motifs is 2. The Kier molecular flexibility index (Phi) is 5.55. The lowest BCUT2D eigenvalue weighted by Crippen LogP contribution is -2.43. The highest BCUT2D eigenvalue weighted by molar-refractivity contribution is 5.90. The molecule has 0 radical (unpaired) electrons. The molecule has 152 valence electrons. The van der Waals surface area contributed by atoms with Crippen molar-refractivity contribution < 1.29 is 23.8 Å². The summed E-state index contributed by atoms with van der Waals surface area (Å²) < 4.78 is 16.5. The average molecular weight is 396 g/mol. The van der Waals surface area contributed by atoms with Crippen molar-refractivity contribution in [3.63, 3.8) is 0 Å². The van der Waals surface area contributed by atoms with E-state index in [-0.39, 0.29) is 31.8 Å². The first-order valence-corrected chi connectivity index (χ1v) is 9.85. The second-order valence-electron chi connectivity index (χ2n) is 7.08. The van der Waals surface area contributed by atoms with Gasteiger partial charge in [-0.3, -0.25) is 9.59 Å². The van der Waals surface area contributed by atoms with Crippen LogP contribution in [0.5, 0.6) is 17.2 Å². The third-order valence-electron chi connectivity index (χ3n) is 5.06. The van der Waals surface area contributed by atoms with E-state index in [1.807, 2.05) is 36.4 Å². The van der Waals surface area contributed by atoms with Crippen LogP contribution in [0.1, 0.15) is 36.9 Å². The molecule has 2 heterocycles. The number of carbonyl (C=O) groups excluding carboxylic acids is 2. The highest BCUT2D eigenvalue weighted by Gasteiger charge is 2.36. The maximum absolute atomic E-state index is 13.1. The fourth-order valence-electron chi connectivity index (χ4n) is 3.56. The third-order valence-corrected chi connectivity index (χ3v) is 5.06. The normalized spacial score (nSPS) is 17.3.